The number of hydrogen-bond donors (Lipinski definition) is 1. The number of rotatable bonds is 4. The Morgan fingerprint density at radius 1 is 0.967 bits per heavy atom. The molecule has 1 saturated heterocycles. The molecule has 2 aromatic rings. The highest BCUT2D eigenvalue weighted by Crippen LogP contribution is 2.39. The van der Waals surface area contributed by atoms with Gasteiger partial charge in [-0.25, -0.2) is 0 Å². The van der Waals surface area contributed by atoms with E-state index >= 15 is 0 Å². The number of carbonyl (C=O) groups excluding carboxylic acids is 1. The van der Waals surface area contributed by atoms with Crippen LogP contribution in [0.2, 0.25) is 0 Å². The van der Waals surface area contributed by atoms with Crippen LogP contribution in [-0.2, 0) is 15.1 Å². The first-order valence-corrected chi connectivity index (χ1v) is 11.0. The zero-order chi connectivity index (χ0) is 20.8. The summed E-state index contributed by atoms with van der Waals surface area (Å²) in [6, 6.07) is 15.8. The van der Waals surface area contributed by atoms with Gasteiger partial charge in [0, 0.05) is 11.1 Å². The molecule has 2 aromatic carbocycles. The van der Waals surface area contributed by atoms with E-state index in [0.29, 0.717) is 13.2 Å². The molecule has 0 unspecified atom stereocenters. The molecule has 2 fully saturated rings. The van der Waals surface area contributed by atoms with Gasteiger partial charge in [-0.3, -0.25) is 4.79 Å². The van der Waals surface area contributed by atoms with E-state index in [1.807, 2.05) is 42.5 Å². The summed E-state index contributed by atoms with van der Waals surface area (Å²) in [7, 11) is 0. The van der Waals surface area contributed by atoms with Crippen LogP contribution in [-0.4, -0.2) is 24.6 Å². The molecule has 3 aliphatic rings. The van der Waals surface area contributed by atoms with E-state index in [1.54, 1.807) is 0 Å². The van der Waals surface area contributed by atoms with Crippen molar-refractivity contribution in [1.82, 2.24) is 0 Å². The van der Waals surface area contributed by atoms with Gasteiger partial charge in [-0.2, -0.15) is 0 Å². The first kappa shape index (κ1) is 21.0. The quantitative estimate of drug-likeness (QED) is 0.676. The molecule has 158 valence electrons. The minimum atomic E-state index is -0.630. The minimum absolute atomic E-state index is 0.250. The third-order valence-electron chi connectivity index (χ3n) is 6.18. The van der Waals surface area contributed by atoms with Gasteiger partial charge in [0.05, 0.1) is 18.8 Å². The molecule has 4 nitrogen and oxygen atoms in total. The van der Waals surface area contributed by atoms with E-state index in [9.17, 15) is 9.90 Å². The maximum atomic E-state index is 10.6. The number of aliphatic hydroxyl groups is 1. The van der Waals surface area contributed by atoms with Crippen LogP contribution in [0.5, 0.6) is 0 Å². The Morgan fingerprint density at radius 2 is 1.73 bits per heavy atom. The highest BCUT2D eigenvalue weighted by molar-refractivity contribution is 5.78. The molecule has 0 radical (unpaired) electrons. The third-order valence-corrected chi connectivity index (χ3v) is 6.18. The smallest absolute Gasteiger partial charge is 0.184 e. The van der Waals surface area contributed by atoms with Crippen LogP contribution in [0.15, 0.2) is 54.6 Å². The lowest BCUT2D eigenvalue weighted by Gasteiger charge is -2.23. The standard InChI is InChI=1S/C14H18O3.C12H12O/c15-14(6-1-2-7-14)12-5-3-4-11(10-12)13-16-8-9-17-13;13-9-10-4-3-7-12(8-10)11-5-1-2-6-11/h3-5,10,13,15H,1-2,6-9H2;3-5,7-9H,1-2,6H2. The lowest BCUT2D eigenvalue weighted by atomic mass is 9.91. The summed E-state index contributed by atoms with van der Waals surface area (Å²) in [5, 5.41) is 10.5. The number of hydrogen-bond acceptors (Lipinski definition) is 4. The lowest BCUT2D eigenvalue weighted by molar-refractivity contribution is -0.0444. The molecule has 5 rings (SSSR count). The van der Waals surface area contributed by atoms with Crippen LogP contribution in [0.1, 0.15) is 78.3 Å². The van der Waals surface area contributed by atoms with Crippen molar-refractivity contribution in [3.63, 3.8) is 0 Å². The molecule has 4 heteroatoms. The molecule has 1 saturated carbocycles. The van der Waals surface area contributed by atoms with Crippen molar-refractivity contribution in [3.05, 3.63) is 76.9 Å². The van der Waals surface area contributed by atoms with Gasteiger partial charge in [0.2, 0.25) is 0 Å². The summed E-state index contributed by atoms with van der Waals surface area (Å²) in [5.74, 6) is 0. The number of allylic oxidation sites excluding steroid dienone is 2. The molecular formula is C26H30O4. The summed E-state index contributed by atoms with van der Waals surface area (Å²) < 4.78 is 11.0. The predicted octanol–water partition coefficient (Wildman–Crippen LogP) is 5.56. The zero-order valence-electron chi connectivity index (χ0n) is 17.4. The number of carbonyl (C=O) groups is 1. The first-order valence-electron chi connectivity index (χ1n) is 11.0. The fourth-order valence-corrected chi connectivity index (χ4v) is 4.52. The molecule has 2 aliphatic carbocycles. The third kappa shape index (κ3) is 4.89. The van der Waals surface area contributed by atoms with E-state index < -0.39 is 5.60 Å². The average Bonchev–Trinajstić information content (AvgIpc) is 3.57. The summed E-state index contributed by atoms with van der Waals surface area (Å²) >= 11 is 0. The van der Waals surface area contributed by atoms with Crippen molar-refractivity contribution in [2.45, 2.75) is 56.8 Å². The molecule has 1 N–H and O–H groups in total. The molecule has 0 atom stereocenters. The highest BCUT2D eigenvalue weighted by atomic mass is 16.7. The van der Waals surface area contributed by atoms with Crippen LogP contribution in [0.25, 0.3) is 5.57 Å². The second-order valence-corrected chi connectivity index (χ2v) is 8.30. The molecule has 1 heterocycles. The van der Waals surface area contributed by atoms with Gasteiger partial charge < -0.3 is 14.6 Å². The van der Waals surface area contributed by atoms with Gasteiger partial charge >= 0.3 is 0 Å². The van der Waals surface area contributed by atoms with E-state index in [2.05, 4.69) is 12.1 Å². The van der Waals surface area contributed by atoms with Gasteiger partial charge in [-0.1, -0.05) is 55.3 Å². The van der Waals surface area contributed by atoms with Crippen LogP contribution in [0.3, 0.4) is 0 Å². The zero-order valence-corrected chi connectivity index (χ0v) is 17.4. The predicted molar refractivity (Wildman–Crippen MR) is 117 cm³/mol. The van der Waals surface area contributed by atoms with Gasteiger partial charge in [0.25, 0.3) is 0 Å². The number of ether oxygens (including phenoxy) is 2. The fourth-order valence-electron chi connectivity index (χ4n) is 4.52. The molecular weight excluding hydrogens is 376 g/mol. The highest BCUT2D eigenvalue weighted by Gasteiger charge is 2.33. The lowest BCUT2D eigenvalue weighted by Crippen LogP contribution is -2.21. The Kier molecular flexibility index (Phi) is 6.78. The topological polar surface area (TPSA) is 55.8 Å². The Morgan fingerprint density at radius 3 is 2.43 bits per heavy atom. The van der Waals surface area contributed by atoms with Crippen molar-refractivity contribution in [2.24, 2.45) is 0 Å². The SMILES string of the molecule is O=Cc1cccc(C2=CCCC2)c1.OC1(c2cccc(C3OCCO3)c2)CCCC1. The number of benzene rings is 2. The summed E-state index contributed by atoms with van der Waals surface area (Å²) in [6.07, 6.45) is 10.5. The second-order valence-electron chi connectivity index (χ2n) is 8.30. The maximum absolute atomic E-state index is 10.6. The largest absolute Gasteiger partial charge is 0.385 e. The fraction of sp³-hybridized carbons (Fsp3) is 0.423. The van der Waals surface area contributed by atoms with Gasteiger partial charge in [-0.15, -0.1) is 0 Å². The van der Waals surface area contributed by atoms with E-state index in [-0.39, 0.29) is 6.29 Å². The first-order chi connectivity index (χ1) is 14.7. The molecule has 0 amide bonds. The van der Waals surface area contributed by atoms with Crippen LogP contribution >= 0.6 is 0 Å². The van der Waals surface area contributed by atoms with Crippen molar-refractivity contribution in [3.8, 4) is 0 Å². The molecule has 0 spiro atoms. The monoisotopic (exact) mass is 406 g/mol. The summed E-state index contributed by atoms with van der Waals surface area (Å²) in [6.45, 7) is 1.30. The average molecular weight is 407 g/mol. The Balaban J connectivity index is 0.000000151. The van der Waals surface area contributed by atoms with Crippen molar-refractivity contribution >= 4 is 11.9 Å². The van der Waals surface area contributed by atoms with Gasteiger partial charge in [0.15, 0.2) is 6.29 Å². The van der Waals surface area contributed by atoms with E-state index in [4.69, 9.17) is 9.47 Å². The summed E-state index contributed by atoms with van der Waals surface area (Å²) in [5.41, 5.74) is 4.76. The van der Waals surface area contributed by atoms with Gasteiger partial charge in [-0.05, 0) is 60.9 Å². The number of aldehydes is 1. The minimum Gasteiger partial charge on any atom is -0.385 e. The van der Waals surface area contributed by atoms with E-state index in [0.717, 1.165) is 55.1 Å². The molecule has 30 heavy (non-hydrogen) atoms. The van der Waals surface area contributed by atoms with Crippen molar-refractivity contribution < 1.29 is 19.4 Å². The van der Waals surface area contributed by atoms with Crippen LogP contribution in [0.4, 0.5) is 0 Å². The Hall–Kier alpha value is -2.27. The van der Waals surface area contributed by atoms with Crippen LogP contribution < -0.4 is 0 Å². The maximum Gasteiger partial charge on any atom is 0.184 e. The Bertz CT molecular complexity index is 889. The van der Waals surface area contributed by atoms with E-state index in [1.165, 1.54) is 24.0 Å². The van der Waals surface area contributed by atoms with Crippen molar-refractivity contribution in [2.75, 3.05) is 13.2 Å². The summed E-state index contributed by atoms with van der Waals surface area (Å²) in [4.78, 5) is 10.6. The van der Waals surface area contributed by atoms with Crippen molar-refractivity contribution in [1.29, 1.82) is 0 Å². The molecule has 1 aliphatic heterocycles. The Labute approximate surface area is 178 Å². The molecule has 0 aromatic heterocycles. The second kappa shape index (κ2) is 9.69. The molecule has 0 bridgehead atoms. The van der Waals surface area contributed by atoms with Gasteiger partial charge in [0.1, 0.15) is 6.29 Å². The normalized spacial score (nSPS) is 20.5. The van der Waals surface area contributed by atoms with Crippen LogP contribution in [0, 0.1) is 0 Å².